The van der Waals surface area contributed by atoms with E-state index in [1.54, 1.807) is 0 Å². The van der Waals surface area contributed by atoms with E-state index in [-0.39, 0.29) is 10.8 Å². The zero-order chi connectivity index (χ0) is 38.7. The van der Waals surface area contributed by atoms with Crippen LogP contribution in [-0.4, -0.2) is 0 Å². The molecule has 0 saturated carbocycles. The number of fused-ring (bicyclic) bond motifs is 6. The zero-order valence-electron chi connectivity index (χ0n) is 33.3. The SMILES string of the molecule is CCC1(CC)c2ccccc2-c2c(-c3ccccc3N(c3ccccc3-c3ccccc3)c3ccccc3-c3ccc4c(c3)-c3ccccc3C4(C)C)cccc21. The molecule has 0 aliphatic heterocycles. The van der Waals surface area contributed by atoms with E-state index >= 15 is 0 Å². The van der Waals surface area contributed by atoms with Crippen molar-refractivity contribution in [3.63, 3.8) is 0 Å². The second kappa shape index (κ2) is 13.6. The number of rotatable bonds is 8. The van der Waals surface area contributed by atoms with Crippen molar-refractivity contribution in [3.8, 4) is 55.6 Å². The molecule has 0 bridgehead atoms. The number of para-hydroxylation sites is 3. The van der Waals surface area contributed by atoms with Gasteiger partial charge in [0.2, 0.25) is 0 Å². The van der Waals surface area contributed by atoms with Crippen molar-refractivity contribution in [2.24, 2.45) is 0 Å². The molecular weight excluding hydrogens is 687 g/mol. The summed E-state index contributed by atoms with van der Waals surface area (Å²) in [6.45, 7) is 9.42. The molecule has 0 heterocycles. The summed E-state index contributed by atoms with van der Waals surface area (Å²) < 4.78 is 0. The third-order valence-electron chi connectivity index (χ3n) is 13.2. The monoisotopic (exact) mass is 733 g/mol. The maximum Gasteiger partial charge on any atom is 0.0540 e. The summed E-state index contributed by atoms with van der Waals surface area (Å²) in [4.78, 5) is 2.53. The Morgan fingerprint density at radius 1 is 0.351 bits per heavy atom. The summed E-state index contributed by atoms with van der Waals surface area (Å²) in [6.07, 6.45) is 2.12. The molecule has 276 valence electrons. The van der Waals surface area contributed by atoms with Crippen LogP contribution >= 0.6 is 0 Å². The Kier molecular flexibility index (Phi) is 8.38. The Hall–Kier alpha value is -6.44. The molecule has 10 rings (SSSR count). The first-order valence-corrected chi connectivity index (χ1v) is 20.6. The summed E-state index contributed by atoms with van der Waals surface area (Å²) >= 11 is 0. The molecule has 0 N–H and O–H groups in total. The van der Waals surface area contributed by atoms with Gasteiger partial charge in [0, 0.05) is 27.5 Å². The number of nitrogens with zero attached hydrogens (tertiary/aromatic N) is 1. The van der Waals surface area contributed by atoms with E-state index in [2.05, 4.69) is 221 Å². The van der Waals surface area contributed by atoms with Gasteiger partial charge in [-0.3, -0.25) is 0 Å². The normalized spacial score (nSPS) is 14.0. The first-order chi connectivity index (χ1) is 28.0. The van der Waals surface area contributed by atoms with Gasteiger partial charge < -0.3 is 4.90 Å². The molecule has 0 radical (unpaired) electrons. The predicted molar refractivity (Wildman–Crippen MR) is 242 cm³/mol. The molecule has 0 saturated heterocycles. The fourth-order valence-corrected chi connectivity index (χ4v) is 10.4. The highest BCUT2D eigenvalue weighted by molar-refractivity contribution is 6.02. The Balaban J connectivity index is 1.24. The number of benzene rings is 8. The van der Waals surface area contributed by atoms with Crippen LogP contribution < -0.4 is 4.90 Å². The van der Waals surface area contributed by atoms with Crippen molar-refractivity contribution in [2.45, 2.75) is 51.4 Å². The van der Waals surface area contributed by atoms with Gasteiger partial charge in [-0.2, -0.15) is 0 Å². The molecular formula is C56H47N. The largest absolute Gasteiger partial charge is 0.309 e. The molecule has 1 heteroatoms. The highest BCUT2D eigenvalue weighted by atomic mass is 15.1. The third-order valence-corrected chi connectivity index (χ3v) is 13.2. The topological polar surface area (TPSA) is 3.24 Å². The number of hydrogen-bond acceptors (Lipinski definition) is 1. The quantitative estimate of drug-likeness (QED) is 0.150. The van der Waals surface area contributed by atoms with Crippen LogP contribution in [0, 0.1) is 0 Å². The number of anilines is 3. The van der Waals surface area contributed by atoms with Gasteiger partial charge in [0.05, 0.1) is 17.1 Å². The maximum atomic E-state index is 2.53. The summed E-state index contributed by atoms with van der Waals surface area (Å²) in [5.74, 6) is 0. The lowest BCUT2D eigenvalue weighted by molar-refractivity contribution is 0.490. The van der Waals surface area contributed by atoms with Crippen molar-refractivity contribution in [3.05, 3.63) is 210 Å². The molecule has 1 nitrogen and oxygen atoms in total. The Bertz CT molecular complexity index is 2800. The van der Waals surface area contributed by atoms with Gasteiger partial charge in [-0.05, 0) is 98.3 Å². The molecule has 0 aromatic heterocycles. The van der Waals surface area contributed by atoms with Crippen LogP contribution in [0.4, 0.5) is 17.1 Å². The molecule has 8 aromatic rings. The van der Waals surface area contributed by atoms with Gasteiger partial charge in [0.15, 0.2) is 0 Å². The van der Waals surface area contributed by atoms with E-state index in [0.29, 0.717) is 0 Å². The minimum atomic E-state index is -0.0503. The van der Waals surface area contributed by atoms with Gasteiger partial charge >= 0.3 is 0 Å². The molecule has 57 heavy (non-hydrogen) atoms. The average Bonchev–Trinajstić information content (AvgIpc) is 3.69. The first-order valence-electron chi connectivity index (χ1n) is 20.6. The number of hydrogen-bond donors (Lipinski definition) is 0. The van der Waals surface area contributed by atoms with E-state index < -0.39 is 0 Å². The molecule has 0 unspecified atom stereocenters. The molecule has 0 fully saturated rings. The van der Waals surface area contributed by atoms with Gasteiger partial charge in [-0.15, -0.1) is 0 Å². The maximum absolute atomic E-state index is 2.53. The van der Waals surface area contributed by atoms with E-state index in [0.717, 1.165) is 29.9 Å². The molecule has 2 aliphatic rings. The van der Waals surface area contributed by atoms with E-state index in [1.807, 2.05) is 0 Å². The van der Waals surface area contributed by atoms with Crippen LogP contribution in [-0.2, 0) is 10.8 Å². The van der Waals surface area contributed by atoms with Gasteiger partial charge in [-0.25, -0.2) is 0 Å². The van der Waals surface area contributed by atoms with Crippen LogP contribution in [0.3, 0.4) is 0 Å². The van der Waals surface area contributed by atoms with Gasteiger partial charge in [-0.1, -0.05) is 191 Å². The smallest absolute Gasteiger partial charge is 0.0540 e. The molecule has 0 spiro atoms. The molecule has 0 atom stereocenters. The Morgan fingerprint density at radius 2 is 0.825 bits per heavy atom. The second-order valence-corrected chi connectivity index (χ2v) is 16.2. The third kappa shape index (κ3) is 5.29. The lowest BCUT2D eigenvalue weighted by Crippen LogP contribution is -2.22. The highest BCUT2D eigenvalue weighted by Gasteiger charge is 2.42. The average molecular weight is 734 g/mol. The molecule has 2 aliphatic carbocycles. The van der Waals surface area contributed by atoms with E-state index in [1.165, 1.54) is 77.9 Å². The van der Waals surface area contributed by atoms with Crippen molar-refractivity contribution in [2.75, 3.05) is 4.90 Å². The van der Waals surface area contributed by atoms with Crippen molar-refractivity contribution in [1.29, 1.82) is 0 Å². The second-order valence-electron chi connectivity index (χ2n) is 16.2. The predicted octanol–water partition coefficient (Wildman–Crippen LogP) is 15.6. The summed E-state index contributed by atoms with van der Waals surface area (Å²) in [5.41, 5.74) is 21.7. The minimum Gasteiger partial charge on any atom is -0.309 e. The Labute approximate surface area is 337 Å². The van der Waals surface area contributed by atoms with Crippen molar-refractivity contribution < 1.29 is 0 Å². The highest BCUT2D eigenvalue weighted by Crippen LogP contribution is 2.57. The summed E-state index contributed by atoms with van der Waals surface area (Å²) in [5, 5.41) is 0. The van der Waals surface area contributed by atoms with Crippen LogP contribution in [0.25, 0.3) is 55.6 Å². The summed E-state index contributed by atoms with van der Waals surface area (Å²) in [7, 11) is 0. The van der Waals surface area contributed by atoms with Crippen LogP contribution in [0.5, 0.6) is 0 Å². The summed E-state index contributed by atoms with van der Waals surface area (Å²) in [6, 6.07) is 70.1. The van der Waals surface area contributed by atoms with E-state index in [9.17, 15) is 0 Å². The van der Waals surface area contributed by atoms with Crippen molar-refractivity contribution in [1.82, 2.24) is 0 Å². The van der Waals surface area contributed by atoms with E-state index in [4.69, 9.17) is 0 Å². The minimum absolute atomic E-state index is 0.0101. The fraction of sp³-hybridized carbons (Fsp3) is 0.143. The molecule has 8 aromatic carbocycles. The lowest BCUT2D eigenvalue weighted by atomic mass is 9.73. The lowest BCUT2D eigenvalue weighted by Gasteiger charge is -2.32. The fourth-order valence-electron chi connectivity index (χ4n) is 10.4. The van der Waals surface area contributed by atoms with Crippen molar-refractivity contribution >= 4 is 17.1 Å². The van der Waals surface area contributed by atoms with Crippen LogP contribution in [0.2, 0.25) is 0 Å². The first kappa shape index (κ1) is 35.0. The zero-order valence-corrected chi connectivity index (χ0v) is 33.3. The van der Waals surface area contributed by atoms with Gasteiger partial charge in [0.1, 0.15) is 0 Å². The standard InChI is InChI=1S/C56H47N/c1-5-56(6-2)49-30-16-11-27-45(49)54-44(28-20-31-50(54)56)43-26-14-19-34-53(43)57(51-32-17-12-23-40(51)38-21-8-7-9-22-38)52-33-18-13-24-41(52)39-35-36-48-46(37-39)42-25-10-15-29-47(42)55(48,3)4/h7-37H,5-6H2,1-4H3. The molecule has 0 amide bonds. The van der Waals surface area contributed by atoms with Crippen LogP contribution in [0.15, 0.2) is 188 Å². The van der Waals surface area contributed by atoms with Crippen LogP contribution in [0.1, 0.15) is 62.8 Å². The van der Waals surface area contributed by atoms with Gasteiger partial charge in [0.25, 0.3) is 0 Å². The Morgan fingerprint density at radius 3 is 1.49 bits per heavy atom.